The van der Waals surface area contributed by atoms with Crippen LogP contribution in [0, 0.1) is 5.92 Å². The maximum Gasteiger partial charge on any atom is 0.237 e. The van der Waals surface area contributed by atoms with Crippen molar-refractivity contribution in [1.29, 1.82) is 0 Å². The van der Waals surface area contributed by atoms with Gasteiger partial charge >= 0.3 is 0 Å². The van der Waals surface area contributed by atoms with E-state index >= 15 is 0 Å². The molecule has 2 aliphatic heterocycles. The molecule has 0 spiro atoms. The molecule has 1 saturated heterocycles. The number of benzene rings is 1. The van der Waals surface area contributed by atoms with Gasteiger partial charge in [0.25, 0.3) is 0 Å². The zero-order valence-electron chi connectivity index (χ0n) is 17.3. The molecule has 1 saturated carbocycles. The summed E-state index contributed by atoms with van der Waals surface area (Å²) in [7, 11) is 0. The molecule has 7 heteroatoms. The molecule has 3 aliphatic rings. The summed E-state index contributed by atoms with van der Waals surface area (Å²) < 4.78 is 11.4. The Kier molecular flexibility index (Phi) is 5.67. The number of hydrogen-bond donors (Lipinski definition) is 2. The average molecular weight is 402 g/mol. The maximum absolute atomic E-state index is 13.1. The first-order valence-electron chi connectivity index (χ1n) is 10.7. The summed E-state index contributed by atoms with van der Waals surface area (Å²) in [4.78, 5) is 27.4. The van der Waals surface area contributed by atoms with Crippen LogP contribution in [0.25, 0.3) is 0 Å². The standard InChI is InChI=1S/C22H31N3O4/c1-15(2)20-21(27)23-9-10-25(20)14-19(26)24-22(7-3-4-8-22)16-5-6-17-18(13-16)29-12-11-28-17/h5-6,13,15,20H,3-4,7-12,14H2,1-2H3,(H,23,27)(H,24,26). The van der Waals surface area contributed by atoms with Crippen LogP contribution >= 0.6 is 0 Å². The van der Waals surface area contributed by atoms with E-state index in [0.29, 0.717) is 26.3 Å². The van der Waals surface area contributed by atoms with Crippen LogP contribution in [0.2, 0.25) is 0 Å². The summed E-state index contributed by atoms with van der Waals surface area (Å²) in [6, 6.07) is 5.75. The largest absolute Gasteiger partial charge is 0.486 e. The van der Waals surface area contributed by atoms with E-state index in [1.54, 1.807) is 0 Å². The molecule has 2 fully saturated rings. The minimum atomic E-state index is -0.377. The summed E-state index contributed by atoms with van der Waals surface area (Å²) in [6.07, 6.45) is 3.98. The minimum absolute atomic E-state index is 0.0152. The first kappa shape index (κ1) is 20.0. The fourth-order valence-electron chi connectivity index (χ4n) is 4.93. The lowest BCUT2D eigenvalue weighted by molar-refractivity contribution is -0.133. The zero-order chi connectivity index (χ0) is 20.4. The second-order valence-electron chi connectivity index (χ2n) is 8.65. The van der Waals surface area contributed by atoms with Gasteiger partial charge in [-0.25, -0.2) is 0 Å². The van der Waals surface area contributed by atoms with Crippen LogP contribution < -0.4 is 20.1 Å². The molecule has 2 N–H and O–H groups in total. The molecule has 4 rings (SSSR count). The molecule has 1 aliphatic carbocycles. The Balaban J connectivity index is 1.51. The van der Waals surface area contributed by atoms with Gasteiger partial charge in [0.1, 0.15) is 13.2 Å². The van der Waals surface area contributed by atoms with Crippen LogP contribution in [0.1, 0.15) is 45.1 Å². The summed E-state index contributed by atoms with van der Waals surface area (Å²) >= 11 is 0. The van der Waals surface area contributed by atoms with Crippen molar-refractivity contribution in [1.82, 2.24) is 15.5 Å². The average Bonchev–Trinajstić information content (AvgIpc) is 3.16. The Morgan fingerprint density at radius 3 is 2.69 bits per heavy atom. The predicted octanol–water partition coefficient (Wildman–Crippen LogP) is 1.80. The van der Waals surface area contributed by atoms with E-state index in [2.05, 4.69) is 10.6 Å². The third-order valence-corrected chi connectivity index (χ3v) is 6.27. The number of nitrogens with one attached hydrogen (secondary N) is 2. The molecule has 1 aromatic carbocycles. The predicted molar refractivity (Wildman–Crippen MR) is 109 cm³/mol. The van der Waals surface area contributed by atoms with E-state index in [1.165, 1.54) is 0 Å². The molecule has 1 atom stereocenters. The first-order chi connectivity index (χ1) is 14.0. The topological polar surface area (TPSA) is 79.9 Å². The van der Waals surface area contributed by atoms with Crippen LogP contribution in [-0.2, 0) is 15.1 Å². The van der Waals surface area contributed by atoms with Crippen molar-refractivity contribution in [2.45, 2.75) is 51.1 Å². The van der Waals surface area contributed by atoms with Gasteiger partial charge in [-0.2, -0.15) is 0 Å². The summed E-state index contributed by atoms with van der Waals surface area (Å²) in [5.41, 5.74) is 0.697. The first-order valence-corrected chi connectivity index (χ1v) is 10.7. The Morgan fingerprint density at radius 1 is 1.24 bits per heavy atom. The highest BCUT2D eigenvalue weighted by Gasteiger charge is 2.39. The molecule has 29 heavy (non-hydrogen) atoms. The van der Waals surface area contributed by atoms with Crippen LogP contribution in [0.5, 0.6) is 11.5 Å². The van der Waals surface area contributed by atoms with E-state index in [1.807, 2.05) is 36.9 Å². The fraction of sp³-hybridized carbons (Fsp3) is 0.636. The van der Waals surface area contributed by atoms with Gasteiger partial charge in [-0.05, 0) is 36.5 Å². The molecule has 1 unspecified atom stereocenters. The Morgan fingerprint density at radius 2 is 1.97 bits per heavy atom. The Hall–Kier alpha value is -2.28. The summed E-state index contributed by atoms with van der Waals surface area (Å²) in [5.74, 6) is 1.66. The monoisotopic (exact) mass is 401 g/mol. The second-order valence-corrected chi connectivity index (χ2v) is 8.65. The lowest BCUT2D eigenvalue weighted by atomic mass is 9.87. The number of ether oxygens (including phenoxy) is 2. The Bertz CT molecular complexity index is 773. The number of rotatable bonds is 5. The number of fused-ring (bicyclic) bond motifs is 1. The van der Waals surface area contributed by atoms with Crippen molar-refractivity contribution >= 4 is 11.8 Å². The van der Waals surface area contributed by atoms with Gasteiger partial charge < -0.3 is 20.1 Å². The van der Waals surface area contributed by atoms with Gasteiger partial charge in [-0.3, -0.25) is 14.5 Å². The van der Waals surface area contributed by atoms with Gasteiger partial charge in [0.15, 0.2) is 11.5 Å². The van der Waals surface area contributed by atoms with Crippen molar-refractivity contribution in [3.8, 4) is 11.5 Å². The summed E-state index contributed by atoms with van der Waals surface area (Å²) in [6.45, 7) is 6.67. The third-order valence-electron chi connectivity index (χ3n) is 6.27. The molecule has 2 amide bonds. The van der Waals surface area contributed by atoms with Crippen LogP contribution in [0.15, 0.2) is 18.2 Å². The highest BCUT2D eigenvalue weighted by atomic mass is 16.6. The zero-order valence-corrected chi connectivity index (χ0v) is 17.3. The highest BCUT2D eigenvalue weighted by Crippen LogP contribution is 2.42. The SMILES string of the molecule is CC(C)C1C(=O)NCCN1CC(=O)NC1(c2ccc3c(c2)OCCO3)CCCC1. The van der Waals surface area contributed by atoms with Gasteiger partial charge in [0.05, 0.1) is 18.1 Å². The lowest BCUT2D eigenvalue weighted by Crippen LogP contribution is -2.60. The molecule has 0 aromatic heterocycles. The van der Waals surface area contributed by atoms with Gasteiger partial charge in [-0.15, -0.1) is 0 Å². The molecular weight excluding hydrogens is 370 g/mol. The molecule has 0 radical (unpaired) electrons. The molecule has 158 valence electrons. The van der Waals surface area contributed by atoms with Crippen LogP contribution in [0.4, 0.5) is 0 Å². The number of piperazine rings is 1. The normalized spacial score (nSPS) is 23.7. The molecule has 0 bridgehead atoms. The van der Waals surface area contributed by atoms with Crippen molar-refractivity contribution in [3.05, 3.63) is 23.8 Å². The molecule has 7 nitrogen and oxygen atoms in total. The van der Waals surface area contributed by atoms with E-state index in [-0.39, 0.29) is 35.9 Å². The lowest BCUT2D eigenvalue weighted by Gasteiger charge is -2.38. The number of carbonyl (C=O) groups excluding carboxylic acids is 2. The smallest absolute Gasteiger partial charge is 0.237 e. The van der Waals surface area contributed by atoms with Gasteiger partial charge in [-0.1, -0.05) is 32.8 Å². The van der Waals surface area contributed by atoms with Crippen molar-refractivity contribution < 1.29 is 19.1 Å². The van der Waals surface area contributed by atoms with Gasteiger partial charge in [0, 0.05) is 13.1 Å². The second kappa shape index (κ2) is 8.22. The molecule has 2 heterocycles. The number of carbonyl (C=O) groups is 2. The number of hydrogen-bond acceptors (Lipinski definition) is 5. The van der Waals surface area contributed by atoms with Crippen LogP contribution in [-0.4, -0.2) is 55.6 Å². The molecular formula is C22H31N3O4. The van der Waals surface area contributed by atoms with E-state index < -0.39 is 0 Å². The van der Waals surface area contributed by atoms with E-state index in [4.69, 9.17) is 9.47 Å². The number of nitrogens with zero attached hydrogens (tertiary/aromatic N) is 1. The van der Waals surface area contributed by atoms with Crippen LogP contribution in [0.3, 0.4) is 0 Å². The third kappa shape index (κ3) is 4.06. The fourth-order valence-corrected chi connectivity index (χ4v) is 4.93. The van der Waals surface area contributed by atoms with Gasteiger partial charge in [0.2, 0.25) is 11.8 Å². The Labute approximate surface area is 172 Å². The molecule has 1 aromatic rings. The van der Waals surface area contributed by atoms with Crippen molar-refractivity contribution in [3.63, 3.8) is 0 Å². The van der Waals surface area contributed by atoms with Crippen molar-refractivity contribution in [2.24, 2.45) is 5.92 Å². The number of amides is 2. The minimum Gasteiger partial charge on any atom is -0.486 e. The van der Waals surface area contributed by atoms with Crippen molar-refractivity contribution in [2.75, 3.05) is 32.8 Å². The quantitative estimate of drug-likeness (QED) is 0.787. The maximum atomic E-state index is 13.1. The van der Waals surface area contributed by atoms with E-state index in [9.17, 15) is 9.59 Å². The highest BCUT2D eigenvalue weighted by molar-refractivity contribution is 5.85. The summed E-state index contributed by atoms with van der Waals surface area (Å²) in [5, 5.41) is 6.24. The van der Waals surface area contributed by atoms with E-state index in [0.717, 1.165) is 42.7 Å².